The smallest absolute Gasteiger partial charge is 0.379 e. The number of guanidine groups is 1. The standard InChI is InChI=1S/C21H20N4O3/c1-12-18-15(24-25-21(22)23)9-5-11-17(18)27-19(12)20(26)28-16-10-4-7-13-6-2-3-8-14(13)16/h2-4,6-8,10H,5,9,11H2,1H3,(H4,22,23,25)/b24-15+. The molecule has 0 atom stereocenters. The molecule has 0 saturated carbocycles. The Hall–Kier alpha value is -3.61. The van der Waals surface area contributed by atoms with Crippen LogP contribution in [0.1, 0.15) is 40.3 Å². The van der Waals surface area contributed by atoms with Crippen molar-refractivity contribution >= 4 is 28.4 Å². The van der Waals surface area contributed by atoms with Crippen LogP contribution in [0.4, 0.5) is 0 Å². The maximum absolute atomic E-state index is 12.8. The number of hydrogen-bond acceptors (Lipinski definition) is 5. The fourth-order valence-electron chi connectivity index (χ4n) is 3.51. The van der Waals surface area contributed by atoms with Crippen LogP contribution in [0, 0.1) is 6.92 Å². The Balaban J connectivity index is 1.70. The number of carbonyl (C=O) groups is 1. The van der Waals surface area contributed by atoms with Gasteiger partial charge in [-0.15, -0.1) is 5.10 Å². The van der Waals surface area contributed by atoms with Crippen LogP contribution in [-0.2, 0) is 6.42 Å². The first-order valence-electron chi connectivity index (χ1n) is 9.02. The number of nitrogens with two attached hydrogens (primary N) is 2. The van der Waals surface area contributed by atoms with Gasteiger partial charge in [0.05, 0.1) is 5.71 Å². The highest BCUT2D eigenvalue weighted by molar-refractivity contribution is 6.06. The summed E-state index contributed by atoms with van der Waals surface area (Å²) in [6.07, 6.45) is 2.27. The van der Waals surface area contributed by atoms with Gasteiger partial charge in [0, 0.05) is 22.9 Å². The van der Waals surface area contributed by atoms with Crippen LogP contribution in [-0.4, -0.2) is 17.6 Å². The van der Waals surface area contributed by atoms with Gasteiger partial charge in [0.15, 0.2) is 0 Å². The summed E-state index contributed by atoms with van der Waals surface area (Å²) < 4.78 is 11.5. The molecular formula is C21H20N4O3. The molecule has 3 aromatic rings. The topological polar surface area (TPSA) is 116 Å². The van der Waals surface area contributed by atoms with Crippen LogP contribution in [0.15, 0.2) is 57.1 Å². The van der Waals surface area contributed by atoms with Gasteiger partial charge < -0.3 is 20.6 Å². The van der Waals surface area contributed by atoms with Gasteiger partial charge in [-0.2, -0.15) is 5.10 Å². The zero-order chi connectivity index (χ0) is 19.7. The van der Waals surface area contributed by atoms with E-state index in [1.54, 1.807) is 6.07 Å². The summed E-state index contributed by atoms with van der Waals surface area (Å²) in [5, 5.41) is 9.73. The Morgan fingerprint density at radius 3 is 2.71 bits per heavy atom. The monoisotopic (exact) mass is 376 g/mol. The molecule has 4 N–H and O–H groups in total. The molecular weight excluding hydrogens is 356 g/mol. The van der Waals surface area contributed by atoms with Crippen molar-refractivity contribution in [1.82, 2.24) is 0 Å². The zero-order valence-corrected chi connectivity index (χ0v) is 15.4. The number of nitrogens with zero attached hydrogens (tertiary/aromatic N) is 2. The molecule has 0 spiro atoms. The highest BCUT2D eigenvalue weighted by Gasteiger charge is 2.29. The normalized spacial score (nSPS) is 14.7. The lowest BCUT2D eigenvalue weighted by atomic mass is 9.93. The summed E-state index contributed by atoms with van der Waals surface area (Å²) in [5.74, 6) is 0.725. The number of furan rings is 1. The number of ether oxygens (including phenoxy) is 1. The zero-order valence-electron chi connectivity index (χ0n) is 15.4. The largest absolute Gasteiger partial charge is 0.453 e. The number of hydrogen-bond donors (Lipinski definition) is 2. The van der Waals surface area contributed by atoms with Gasteiger partial charge in [-0.1, -0.05) is 36.4 Å². The number of benzene rings is 2. The lowest BCUT2D eigenvalue weighted by molar-refractivity contribution is 0.0700. The summed E-state index contributed by atoms with van der Waals surface area (Å²) in [7, 11) is 0. The lowest BCUT2D eigenvalue weighted by Crippen LogP contribution is -2.22. The number of esters is 1. The Kier molecular flexibility index (Phi) is 4.57. The van der Waals surface area contributed by atoms with E-state index < -0.39 is 5.97 Å². The summed E-state index contributed by atoms with van der Waals surface area (Å²) >= 11 is 0. The molecule has 1 aromatic heterocycles. The fraction of sp³-hybridized carbons (Fsp3) is 0.190. The van der Waals surface area contributed by atoms with Gasteiger partial charge in [-0.25, -0.2) is 4.79 Å². The van der Waals surface area contributed by atoms with Crippen molar-refractivity contribution in [3.05, 3.63) is 65.1 Å². The van der Waals surface area contributed by atoms with Crippen molar-refractivity contribution < 1.29 is 13.9 Å². The highest BCUT2D eigenvalue weighted by atomic mass is 16.5. The van der Waals surface area contributed by atoms with Crippen LogP contribution >= 0.6 is 0 Å². The SMILES string of the molecule is Cc1c(C(=O)Oc2cccc3ccccc23)oc2c1/C(=N/N=C(N)N)CCC2. The molecule has 1 heterocycles. The number of rotatable bonds is 3. The van der Waals surface area contributed by atoms with E-state index in [0.717, 1.165) is 29.2 Å². The summed E-state index contributed by atoms with van der Waals surface area (Å²) in [6, 6.07) is 13.3. The van der Waals surface area contributed by atoms with Gasteiger partial charge in [0.25, 0.3) is 0 Å². The van der Waals surface area contributed by atoms with E-state index in [9.17, 15) is 4.79 Å². The third kappa shape index (κ3) is 3.22. The van der Waals surface area contributed by atoms with E-state index in [2.05, 4.69) is 10.2 Å². The third-order valence-electron chi connectivity index (χ3n) is 4.75. The molecule has 142 valence electrons. The second-order valence-corrected chi connectivity index (χ2v) is 6.65. The lowest BCUT2D eigenvalue weighted by Gasteiger charge is -2.11. The maximum Gasteiger partial charge on any atom is 0.379 e. The maximum atomic E-state index is 12.8. The highest BCUT2D eigenvalue weighted by Crippen LogP contribution is 2.32. The van der Waals surface area contributed by atoms with Crippen molar-refractivity contribution in [3.8, 4) is 5.75 Å². The molecule has 0 amide bonds. The first kappa shape index (κ1) is 17.8. The minimum absolute atomic E-state index is 0.114. The van der Waals surface area contributed by atoms with Gasteiger partial charge in [-0.05, 0) is 31.2 Å². The van der Waals surface area contributed by atoms with Gasteiger partial charge >= 0.3 is 5.97 Å². The van der Waals surface area contributed by atoms with E-state index in [4.69, 9.17) is 20.6 Å². The average molecular weight is 376 g/mol. The van der Waals surface area contributed by atoms with Crippen molar-refractivity contribution in [2.75, 3.05) is 0 Å². The quantitative estimate of drug-likeness (QED) is 0.239. The molecule has 7 heteroatoms. The number of aryl methyl sites for hydroxylation is 1. The molecule has 0 fully saturated rings. The van der Waals surface area contributed by atoms with E-state index in [1.807, 2.05) is 43.3 Å². The van der Waals surface area contributed by atoms with E-state index in [0.29, 0.717) is 29.2 Å². The minimum Gasteiger partial charge on any atom is -0.453 e. The molecule has 0 unspecified atom stereocenters. The molecule has 7 nitrogen and oxygen atoms in total. The van der Waals surface area contributed by atoms with Crippen molar-refractivity contribution in [2.24, 2.45) is 21.7 Å². The van der Waals surface area contributed by atoms with Crippen LogP contribution in [0.25, 0.3) is 10.8 Å². The third-order valence-corrected chi connectivity index (χ3v) is 4.75. The first-order chi connectivity index (χ1) is 13.5. The Bertz CT molecular complexity index is 1120. The van der Waals surface area contributed by atoms with Gasteiger partial charge in [-0.3, -0.25) is 0 Å². The molecule has 1 aliphatic rings. The average Bonchev–Trinajstić information content (AvgIpc) is 3.04. The van der Waals surface area contributed by atoms with Crippen LogP contribution in [0.5, 0.6) is 5.75 Å². The molecule has 0 radical (unpaired) electrons. The van der Waals surface area contributed by atoms with Crippen molar-refractivity contribution in [1.29, 1.82) is 0 Å². The first-order valence-corrected chi connectivity index (χ1v) is 9.02. The second-order valence-electron chi connectivity index (χ2n) is 6.65. The van der Waals surface area contributed by atoms with Crippen LogP contribution in [0.2, 0.25) is 0 Å². The van der Waals surface area contributed by atoms with E-state index >= 15 is 0 Å². The van der Waals surface area contributed by atoms with Gasteiger partial charge in [0.2, 0.25) is 11.7 Å². The molecule has 2 aromatic carbocycles. The molecule has 0 aliphatic heterocycles. The predicted molar refractivity (Wildman–Crippen MR) is 108 cm³/mol. The van der Waals surface area contributed by atoms with E-state index in [-0.39, 0.29) is 11.7 Å². The van der Waals surface area contributed by atoms with Crippen LogP contribution < -0.4 is 16.2 Å². The molecule has 0 bridgehead atoms. The minimum atomic E-state index is -0.538. The number of fused-ring (bicyclic) bond motifs is 2. The summed E-state index contributed by atoms with van der Waals surface area (Å²) in [4.78, 5) is 12.8. The predicted octanol–water partition coefficient (Wildman–Crippen LogP) is 3.27. The van der Waals surface area contributed by atoms with Gasteiger partial charge in [0.1, 0.15) is 11.5 Å². The van der Waals surface area contributed by atoms with Crippen molar-refractivity contribution in [2.45, 2.75) is 26.2 Å². The van der Waals surface area contributed by atoms with Crippen molar-refractivity contribution in [3.63, 3.8) is 0 Å². The van der Waals surface area contributed by atoms with E-state index in [1.165, 1.54) is 0 Å². The molecule has 28 heavy (non-hydrogen) atoms. The fourth-order valence-corrected chi connectivity index (χ4v) is 3.51. The molecule has 4 rings (SSSR count). The summed E-state index contributed by atoms with van der Waals surface area (Å²) in [6.45, 7) is 1.82. The summed E-state index contributed by atoms with van der Waals surface area (Å²) in [5.41, 5.74) is 12.9. The Morgan fingerprint density at radius 2 is 1.89 bits per heavy atom. The number of carbonyl (C=O) groups excluding carboxylic acids is 1. The Labute approximate surface area is 161 Å². The molecule has 0 saturated heterocycles. The molecule has 1 aliphatic carbocycles. The van der Waals surface area contributed by atoms with Crippen LogP contribution in [0.3, 0.4) is 0 Å². The second kappa shape index (κ2) is 7.19. The Morgan fingerprint density at radius 1 is 1.11 bits per heavy atom.